The SMILES string of the molecule is CC(=O)OOCOC(=O)C(C)C.CO. The molecule has 84 valence electrons. The summed E-state index contributed by atoms with van der Waals surface area (Å²) in [6, 6.07) is 0. The van der Waals surface area contributed by atoms with Crippen LogP contribution in [0.25, 0.3) is 0 Å². The minimum Gasteiger partial charge on any atom is -0.434 e. The summed E-state index contributed by atoms with van der Waals surface area (Å²) < 4.78 is 4.52. The molecule has 0 unspecified atom stereocenters. The number of ether oxygens (including phenoxy) is 1. The van der Waals surface area contributed by atoms with Crippen molar-refractivity contribution >= 4 is 11.9 Å². The van der Waals surface area contributed by atoms with Crippen molar-refractivity contribution in [3.8, 4) is 0 Å². The predicted molar refractivity (Wildman–Crippen MR) is 46.8 cm³/mol. The van der Waals surface area contributed by atoms with E-state index in [0.29, 0.717) is 0 Å². The van der Waals surface area contributed by atoms with Gasteiger partial charge >= 0.3 is 11.9 Å². The molecule has 0 bridgehead atoms. The molecule has 0 amide bonds. The lowest BCUT2D eigenvalue weighted by Crippen LogP contribution is -2.14. The van der Waals surface area contributed by atoms with Crippen molar-refractivity contribution in [1.29, 1.82) is 0 Å². The van der Waals surface area contributed by atoms with Crippen molar-refractivity contribution in [2.75, 3.05) is 13.9 Å². The van der Waals surface area contributed by atoms with E-state index in [0.717, 1.165) is 7.11 Å². The van der Waals surface area contributed by atoms with E-state index in [4.69, 9.17) is 5.11 Å². The molecular formula is C8H16O6. The quantitative estimate of drug-likeness (QED) is 0.234. The lowest BCUT2D eigenvalue weighted by Gasteiger charge is -2.05. The second-order valence-corrected chi connectivity index (χ2v) is 2.43. The first-order chi connectivity index (χ1) is 6.54. The first-order valence-corrected chi connectivity index (χ1v) is 3.95. The van der Waals surface area contributed by atoms with E-state index in [2.05, 4.69) is 14.5 Å². The van der Waals surface area contributed by atoms with Gasteiger partial charge in [0.05, 0.1) is 5.92 Å². The van der Waals surface area contributed by atoms with Gasteiger partial charge in [-0.1, -0.05) is 13.8 Å². The molecular weight excluding hydrogens is 192 g/mol. The number of hydrogen-bond acceptors (Lipinski definition) is 6. The van der Waals surface area contributed by atoms with Crippen molar-refractivity contribution in [1.82, 2.24) is 0 Å². The molecule has 0 saturated heterocycles. The van der Waals surface area contributed by atoms with Crippen molar-refractivity contribution in [2.45, 2.75) is 20.8 Å². The fraction of sp³-hybridized carbons (Fsp3) is 0.750. The Morgan fingerprint density at radius 2 is 1.79 bits per heavy atom. The topological polar surface area (TPSA) is 82.1 Å². The Morgan fingerprint density at radius 3 is 2.14 bits per heavy atom. The monoisotopic (exact) mass is 208 g/mol. The summed E-state index contributed by atoms with van der Waals surface area (Å²) in [5, 5.41) is 7.00. The van der Waals surface area contributed by atoms with Gasteiger partial charge in [0.2, 0.25) is 6.79 Å². The molecule has 6 heteroatoms. The summed E-state index contributed by atoms with van der Waals surface area (Å²) in [6.45, 7) is 4.20. The largest absolute Gasteiger partial charge is 0.434 e. The maximum absolute atomic E-state index is 10.7. The average Bonchev–Trinajstić information content (AvgIpc) is 2.15. The Hall–Kier alpha value is -1.14. The van der Waals surface area contributed by atoms with Crippen LogP contribution in [0.15, 0.2) is 0 Å². The van der Waals surface area contributed by atoms with Crippen LogP contribution < -0.4 is 0 Å². The third-order valence-corrected chi connectivity index (χ3v) is 0.897. The highest BCUT2D eigenvalue weighted by atomic mass is 17.2. The van der Waals surface area contributed by atoms with Crippen LogP contribution in [0, 0.1) is 5.92 Å². The Labute approximate surface area is 82.7 Å². The van der Waals surface area contributed by atoms with E-state index >= 15 is 0 Å². The molecule has 0 saturated carbocycles. The minimum atomic E-state index is -0.587. The fourth-order valence-electron chi connectivity index (χ4n) is 0.356. The van der Waals surface area contributed by atoms with Gasteiger partial charge in [0.1, 0.15) is 0 Å². The van der Waals surface area contributed by atoms with E-state index in [-0.39, 0.29) is 12.7 Å². The van der Waals surface area contributed by atoms with Gasteiger partial charge in [-0.05, 0) is 0 Å². The van der Waals surface area contributed by atoms with Gasteiger partial charge in [0.25, 0.3) is 0 Å². The standard InChI is InChI=1S/C7H12O5.CH4O/c1-5(2)7(9)10-4-11-12-6(3)8;1-2/h5H,4H2,1-3H3;2H,1H3. The molecule has 0 atom stereocenters. The van der Waals surface area contributed by atoms with Gasteiger partial charge in [-0.15, -0.1) is 4.89 Å². The van der Waals surface area contributed by atoms with Crippen LogP contribution in [-0.2, 0) is 24.1 Å². The highest BCUT2D eigenvalue weighted by Gasteiger charge is 2.07. The third-order valence-electron chi connectivity index (χ3n) is 0.897. The Kier molecular flexibility index (Phi) is 10.9. The summed E-state index contributed by atoms with van der Waals surface area (Å²) in [5.74, 6) is -1.20. The smallest absolute Gasteiger partial charge is 0.339 e. The molecule has 0 heterocycles. The zero-order chi connectivity index (χ0) is 11.6. The van der Waals surface area contributed by atoms with Gasteiger partial charge < -0.3 is 9.84 Å². The summed E-state index contributed by atoms with van der Waals surface area (Å²) in [4.78, 5) is 29.2. The van der Waals surface area contributed by atoms with Crippen LogP contribution in [0.3, 0.4) is 0 Å². The van der Waals surface area contributed by atoms with E-state index in [9.17, 15) is 9.59 Å². The third kappa shape index (κ3) is 10.9. The van der Waals surface area contributed by atoms with Gasteiger partial charge in [0, 0.05) is 14.0 Å². The number of esters is 1. The first kappa shape index (κ1) is 15.3. The highest BCUT2D eigenvalue weighted by Crippen LogP contribution is 1.95. The molecule has 0 rings (SSSR count). The molecule has 0 fully saturated rings. The number of rotatable bonds is 4. The molecule has 0 aliphatic heterocycles. The molecule has 0 aromatic rings. The van der Waals surface area contributed by atoms with Crippen molar-refractivity contribution in [2.24, 2.45) is 5.92 Å². The molecule has 0 aliphatic carbocycles. The van der Waals surface area contributed by atoms with E-state index in [1.807, 2.05) is 0 Å². The van der Waals surface area contributed by atoms with Crippen LogP contribution >= 0.6 is 0 Å². The van der Waals surface area contributed by atoms with Crippen molar-refractivity contribution in [3.63, 3.8) is 0 Å². The molecule has 1 N–H and O–H groups in total. The molecule has 0 spiro atoms. The maximum atomic E-state index is 10.7. The fourth-order valence-corrected chi connectivity index (χ4v) is 0.356. The van der Waals surface area contributed by atoms with Gasteiger partial charge in [-0.2, -0.15) is 0 Å². The zero-order valence-electron chi connectivity index (χ0n) is 8.77. The van der Waals surface area contributed by atoms with Crippen LogP contribution in [-0.4, -0.2) is 30.9 Å². The molecule has 14 heavy (non-hydrogen) atoms. The number of carbonyl (C=O) groups excluding carboxylic acids is 2. The van der Waals surface area contributed by atoms with E-state index in [1.165, 1.54) is 6.92 Å². The Bertz CT molecular complexity index is 165. The summed E-state index contributed by atoms with van der Waals surface area (Å²) in [5.41, 5.74) is 0. The second-order valence-electron chi connectivity index (χ2n) is 2.43. The maximum Gasteiger partial charge on any atom is 0.339 e. The summed E-state index contributed by atoms with van der Waals surface area (Å²) in [7, 11) is 1.00. The molecule has 0 radical (unpaired) electrons. The Morgan fingerprint density at radius 1 is 1.29 bits per heavy atom. The summed E-state index contributed by atoms with van der Waals surface area (Å²) in [6.07, 6.45) is 0. The van der Waals surface area contributed by atoms with Gasteiger partial charge in [-0.3, -0.25) is 9.68 Å². The molecule has 0 aliphatic rings. The van der Waals surface area contributed by atoms with Crippen LogP contribution in [0.5, 0.6) is 0 Å². The van der Waals surface area contributed by atoms with Gasteiger partial charge in [0.15, 0.2) is 0 Å². The van der Waals surface area contributed by atoms with Crippen LogP contribution in [0.2, 0.25) is 0 Å². The number of carbonyl (C=O) groups is 2. The second kappa shape index (κ2) is 9.94. The Balaban J connectivity index is 0. The van der Waals surface area contributed by atoms with Gasteiger partial charge in [-0.25, -0.2) is 4.79 Å². The van der Waals surface area contributed by atoms with Crippen molar-refractivity contribution in [3.05, 3.63) is 0 Å². The number of aliphatic hydroxyl groups excluding tert-OH is 1. The zero-order valence-corrected chi connectivity index (χ0v) is 8.77. The van der Waals surface area contributed by atoms with Crippen molar-refractivity contribution < 1.29 is 29.2 Å². The van der Waals surface area contributed by atoms with E-state index < -0.39 is 11.9 Å². The average molecular weight is 208 g/mol. The van der Waals surface area contributed by atoms with Crippen LogP contribution in [0.4, 0.5) is 0 Å². The minimum absolute atomic E-state index is 0.217. The molecule has 0 aromatic carbocycles. The summed E-state index contributed by atoms with van der Waals surface area (Å²) >= 11 is 0. The molecule has 0 aromatic heterocycles. The normalized spacial score (nSPS) is 8.71. The predicted octanol–water partition coefficient (Wildman–Crippen LogP) is 0.246. The lowest BCUT2D eigenvalue weighted by molar-refractivity contribution is -0.304. The lowest BCUT2D eigenvalue weighted by atomic mass is 10.2. The first-order valence-electron chi connectivity index (χ1n) is 3.95. The van der Waals surface area contributed by atoms with E-state index in [1.54, 1.807) is 13.8 Å². The van der Waals surface area contributed by atoms with Crippen LogP contribution in [0.1, 0.15) is 20.8 Å². The highest BCUT2D eigenvalue weighted by molar-refractivity contribution is 5.71. The molecule has 6 nitrogen and oxygen atoms in total. The number of hydrogen-bond donors (Lipinski definition) is 1. The number of aliphatic hydroxyl groups is 1.